The fraction of sp³-hybridized carbons (Fsp3) is 0.444. The number of alkyl halides is 3. The van der Waals surface area contributed by atoms with Gasteiger partial charge in [0.2, 0.25) is 0 Å². The Morgan fingerprint density at radius 1 is 1.21 bits per heavy atom. The van der Waals surface area contributed by atoms with Crippen LogP contribution in [0.25, 0.3) is 0 Å². The van der Waals surface area contributed by atoms with Crippen molar-refractivity contribution in [2.45, 2.75) is 25.6 Å². The van der Waals surface area contributed by atoms with Gasteiger partial charge in [-0.15, -0.1) is 24.0 Å². The molecule has 2 aromatic rings. The van der Waals surface area contributed by atoms with Crippen molar-refractivity contribution in [2.24, 2.45) is 4.99 Å². The van der Waals surface area contributed by atoms with E-state index in [0.717, 1.165) is 6.07 Å². The minimum Gasteiger partial charge on any atom is -0.466 e. The molecule has 0 aliphatic carbocycles. The summed E-state index contributed by atoms with van der Waals surface area (Å²) < 4.78 is 44.1. The van der Waals surface area contributed by atoms with Gasteiger partial charge in [0.05, 0.1) is 18.4 Å². The lowest BCUT2D eigenvalue weighted by molar-refractivity contribution is -0.137. The number of halogens is 4. The lowest BCUT2D eigenvalue weighted by Gasteiger charge is -2.19. The van der Waals surface area contributed by atoms with E-state index in [1.165, 1.54) is 18.5 Å². The van der Waals surface area contributed by atoms with Gasteiger partial charge in [-0.05, 0) is 38.1 Å². The number of furan rings is 1. The molecular formula is C18H25F3IN5O2. The van der Waals surface area contributed by atoms with Crippen molar-refractivity contribution in [3.05, 3.63) is 48.0 Å². The summed E-state index contributed by atoms with van der Waals surface area (Å²) in [7, 11) is 0. The molecule has 11 heteroatoms. The van der Waals surface area contributed by atoms with E-state index in [1.54, 1.807) is 19.1 Å². The molecule has 0 amide bonds. The molecule has 0 fully saturated rings. The van der Waals surface area contributed by atoms with Gasteiger partial charge in [-0.1, -0.05) is 0 Å². The van der Waals surface area contributed by atoms with E-state index in [4.69, 9.17) is 4.42 Å². The van der Waals surface area contributed by atoms with E-state index in [0.29, 0.717) is 24.8 Å². The lowest BCUT2D eigenvalue weighted by Crippen LogP contribution is -2.40. The maximum Gasteiger partial charge on any atom is 0.419 e. The molecule has 0 aromatic carbocycles. The Balaban J connectivity index is 0.00000420. The largest absolute Gasteiger partial charge is 0.466 e. The molecule has 0 spiro atoms. The number of hydrogen-bond acceptors (Lipinski definition) is 5. The zero-order valence-electron chi connectivity index (χ0n) is 16.1. The van der Waals surface area contributed by atoms with Gasteiger partial charge in [-0.25, -0.2) is 9.98 Å². The van der Waals surface area contributed by atoms with Gasteiger partial charge >= 0.3 is 6.18 Å². The summed E-state index contributed by atoms with van der Waals surface area (Å²) >= 11 is 0. The van der Waals surface area contributed by atoms with E-state index in [1.807, 2.05) is 6.92 Å². The molecule has 2 rings (SSSR count). The molecule has 0 saturated carbocycles. The van der Waals surface area contributed by atoms with Crippen molar-refractivity contribution >= 4 is 35.8 Å². The highest BCUT2D eigenvalue weighted by molar-refractivity contribution is 14.0. The second-order valence-electron chi connectivity index (χ2n) is 6.20. The predicted molar refractivity (Wildman–Crippen MR) is 115 cm³/mol. The predicted octanol–water partition coefficient (Wildman–Crippen LogP) is 3.19. The Morgan fingerprint density at radius 2 is 1.97 bits per heavy atom. The van der Waals surface area contributed by atoms with Gasteiger partial charge in [0, 0.05) is 25.8 Å². The highest BCUT2D eigenvalue weighted by Gasteiger charge is 2.34. The first kappa shape index (κ1) is 25.0. The number of nitrogens with zero attached hydrogens (tertiary/aromatic N) is 2. The number of aromatic nitrogens is 1. The van der Waals surface area contributed by atoms with Gasteiger partial charge in [0.15, 0.2) is 5.96 Å². The van der Waals surface area contributed by atoms with E-state index in [2.05, 4.69) is 25.9 Å². The number of guanidine groups is 1. The van der Waals surface area contributed by atoms with Gasteiger partial charge in [0.1, 0.15) is 17.2 Å². The molecule has 0 bridgehead atoms. The first-order valence-electron chi connectivity index (χ1n) is 8.78. The van der Waals surface area contributed by atoms with Crippen LogP contribution in [0.4, 0.5) is 19.0 Å². The smallest absolute Gasteiger partial charge is 0.419 e. The van der Waals surface area contributed by atoms with E-state index in [9.17, 15) is 18.3 Å². The lowest BCUT2D eigenvalue weighted by atomic mass is 10.0. The van der Waals surface area contributed by atoms with Crippen LogP contribution in [-0.2, 0) is 11.8 Å². The number of aliphatic imine (C=N–C) groups is 1. The summed E-state index contributed by atoms with van der Waals surface area (Å²) in [5.41, 5.74) is -2.09. The van der Waals surface area contributed by atoms with Gasteiger partial charge in [-0.3, -0.25) is 0 Å². The molecule has 1 unspecified atom stereocenters. The fourth-order valence-corrected chi connectivity index (χ4v) is 2.37. The van der Waals surface area contributed by atoms with Crippen molar-refractivity contribution in [3.8, 4) is 0 Å². The van der Waals surface area contributed by atoms with Crippen LogP contribution in [0.2, 0.25) is 0 Å². The SMILES string of the molecule is CCNC(=NCC(C)(O)c1ccco1)NCCNc1ncccc1C(F)(F)F.I. The standard InChI is InChI=1S/C18H24F3N5O2.HI/c1-3-22-16(26-12-17(2,27)14-7-5-11-28-14)25-10-9-24-15-13(18(19,20)21)6-4-8-23-15;/h4-8,11,27H,3,9-10,12H2,1-2H3,(H,23,24)(H2,22,25,26);1H. The Labute approximate surface area is 184 Å². The Bertz CT molecular complexity index is 767. The first-order valence-corrected chi connectivity index (χ1v) is 8.78. The van der Waals surface area contributed by atoms with Crippen LogP contribution in [0.15, 0.2) is 46.1 Å². The van der Waals surface area contributed by atoms with Gasteiger partial charge in [-0.2, -0.15) is 13.2 Å². The molecule has 0 radical (unpaired) electrons. The number of aliphatic hydroxyl groups is 1. The van der Waals surface area contributed by atoms with Crippen molar-refractivity contribution in [1.29, 1.82) is 0 Å². The Morgan fingerprint density at radius 3 is 2.59 bits per heavy atom. The van der Waals surface area contributed by atoms with Gasteiger partial charge in [0.25, 0.3) is 0 Å². The second kappa shape index (κ2) is 11.2. The minimum absolute atomic E-state index is 0. The molecule has 2 aromatic heterocycles. The maximum atomic E-state index is 13.0. The first-order chi connectivity index (χ1) is 13.2. The van der Waals surface area contributed by atoms with Crippen LogP contribution in [0.3, 0.4) is 0 Å². The van der Waals surface area contributed by atoms with E-state index in [-0.39, 0.29) is 42.9 Å². The third-order valence-corrected chi connectivity index (χ3v) is 3.76. The number of pyridine rings is 1. The molecule has 0 saturated heterocycles. The summed E-state index contributed by atoms with van der Waals surface area (Å²) in [6, 6.07) is 5.55. The summed E-state index contributed by atoms with van der Waals surface area (Å²) in [5, 5.41) is 19.1. The molecular weight excluding hydrogens is 502 g/mol. The zero-order valence-corrected chi connectivity index (χ0v) is 18.4. The number of nitrogens with one attached hydrogen (secondary N) is 3. The van der Waals surface area contributed by atoms with Gasteiger partial charge < -0.3 is 25.5 Å². The molecule has 29 heavy (non-hydrogen) atoms. The maximum absolute atomic E-state index is 13.0. The van der Waals surface area contributed by atoms with Crippen LogP contribution in [0.5, 0.6) is 0 Å². The van der Waals surface area contributed by atoms with Crippen LogP contribution in [0, 0.1) is 0 Å². The molecule has 4 N–H and O–H groups in total. The summed E-state index contributed by atoms with van der Waals surface area (Å²) in [5.74, 6) is 0.594. The normalized spacial score (nSPS) is 13.9. The molecule has 1 atom stereocenters. The van der Waals surface area contributed by atoms with Crippen LogP contribution >= 0.6 is 24.0 Å². The van der Waals surface area contributed by atoms with Crippen molar-refractivity contribution in [2.75, 3.05) is 31.5 Å². The minimum atomic E-state index is -4.47. The average molecular weight is 527 g/mol. The van der Waals surface area contributed by atoms with Crippen LogP contribution in [0.1, 0.15) is 25.2 Å². The summed E-state index contributed by atoms with van der Waals surface area (Å²) in [4.78, 5) is 8.05. The third kappa shape index (κ3) is 7.72. The number of rotatable bonds is 8. The van der Waals surface area contributed by atoms with Crippen LogP contribution < -0.4 is 16.0 Å². The molecule has 162 valence electrons. The topological polar surface area (TPSA) is 94.7 Å². The van der Waals surface area contributed by atoms with E-state index < -0.39 is 17.3 Å². The summed E-state index contributed by atoms with van der Waals surface area (Å²) in [6.45, 7) is 4.58. The third-order valence-electron chi connectivity index (χ3n) is 3.76. The molecule has 0 aliphatic heterocycles. The highest BCUT2D eigenvalue weighted by atomic mass is 127. The number of anilines is 1. The fourth-order valence-electron chi connectivity index (χ4n) is 2.37. The highest BCUT2D eigenvalue weighted by Crippen LogP contribution is 2.33. The van der Waals surface area contributed by atoms with Crippen LogP contribution in [-0.4, -0.2) is 42.2 Å². The Kier molecular flexibility index (Phi) is 9.70. The molecule has 0 aliphatic rings. The number of hydrogen-bond donors (Lipinski definition) is 4. The summed E-state index contributed by atoms with van der Waals surface area (Å²) in [6.07, 6.45) is -1.71. The monoisotopic (exact) mass is 527 g/mol. The zero-order chi connectivity index (χ0) is 20.6. The quantitative estimate of drug-likeness (QED) is 0.183. The second-order valence-corrected chi connectivity index (χ2v) is 6.20. The Hall–Kier alpha value is -2.02. The molecule has 2 heterocycles. The van der Waals surface area contributed by atoms with Crippen molar-refractivity contribution in [3.63, 3.8) is 0 Å². The molecule has 7 nitrogen and oxygen atoms in total. The average Bonchev–Trinajstić information content (AvgIpc) is 3.18. The van der Waals surface area contributed by atoms with Crippen molar-refractivity contribution in [1.82, 2.24) is 15.6 Å². The van der Waals surface area contributed by atoms with Crippen molar-refractivity contribution < 1.29 is 22.7 Å². The van der Waals surface area contributed by atoms with E-state index >= 15 is 0 Å².